The van der Waals surface area contributed by atoms with Crippen LogP contribution in [0, 0.1) is 5.41 Å². The van der Waals surface area contributed by atoms with Crippen LogP contribution in [0.3, 0.4) is 0 Å². The van der Waals surface area contributed by atoms with E-state index in [0.717, 1.165) is 11.3 Å². The lowest BCUT2D eigenvalue weighted by molar-refractivity contribution is -0.114. The molecule has 1 aliphatic rings. The Morgan fingerprint density at radius 2 is 1.95 bits per heavy atom. The largest absolute Gasteiger partial charge is 0.449 e. The van der Waals surface area contributed by atoms with E-state index in [1.54, 1.807) is 0 Å². The van der Waals surface area contributed by atoms with Gasteiger partial charge in [-0.1, -0.05) is 26.0 Å². The maximum absolute atomic E-state index is 11.4. The van der Waals surface area contributed by atoms with Gasteiger partial charge in [0.05, 0.1) is 6.04 Å². The number of carbonyl (C=O) groups excluding carboxylic acids is 2. The lowest BCUT2D eigenvalue weighted by Crippen LogP contribution is -2.46. The van der Waals surface area contributed by atoms with Gasteiger partial charge in [0.25, 0.3) is 0 Å². The molecule has 6 heteroatoms. The molecular formula is C14H19ClN2O3. The summed E-state index contributed by atoms with van der Waals surface area (Å²) < 4.78 is 5.01. The zero-order valence-corrected chi connectivity index (χ0v) is 12.5. The van der Waals surface area contributed by atoms with Gasteiger partial charge < -0.3 is 15.4 Å². The summed E-state index contributed by atoms with van der Waals surface area (Å²) in [4.78, 5) is 22.3. The maximum atomic E-state index is 11.4. The van der Waals surface area contributed by atoms with Crippen molar-refractivity contribution in [3.63, 3.8) is 0 Å². The number of benzene rings is 1. The molecule has 1 fully saturated rings. The number of hydrogen-bond acceptors (Lipinski definition) is 3. The van der Waals surface area contributed by atoms with E-state index < -0.39 is 6.09 Å². The Hall–Kier alpha value is -1.75. The van der Waals surface area contributed by atoms with Crippen LogP contribution in [0.15, 0.2) is 24.3 Å². The molecule has 0 radical (unpaired) electrons. The highest BCUT2D eigenvalue weighted by molar-refractivity contribution is 5.88. The predicted octanol–water partition coefficient (Wildman–Crippen LogP) is 2.87. The Labute approximate surface area is 124 Å². The number of anilines is 1. The van der Waals surface area contributed by atoms with Crippen LogP contribution in [0.1, 0.15) is 32.4 Å². The molecule has 1 heterocycles. The molecule has 0 aromatic heterocycles. The molecule has 2 amide bonds. The zero-order valence-electron chi connectivity index (χ0n) is 11.7. The molecular weight excluding hydrogens is 280 g/mol. The van der Waals surface area contributed by atoms with Crippen molar-refractivity contribution in [1.29, 1.82) is 0 Å². The minimum atomic E-state index is -0.393. The van der Waals surface area contributed by atoms with Crippen LogP contribution in [-0.4, -0.2) is 18.6 Å². The first-order valence-corrected chi connectivity index (χ1v) is 6.19. The van der Waals surface area contributed by atoms with E-state index in [2.05, 4.69) is 10.6 Å². The number of rotatable bonds is 2. The van der Waals surface area contributed by atoms with E-state index in [9.17, 15) is 9.59 Å². The molecule has 2 rings (SSSR count). The van der Waals surface area contributed by atoms with Crippen LogP contribution in [0.25, 0.3) is 0 Å². The quantitative estimate of drug-likeness (QED) is 0.882. The molecule has 1 aromatic carbocycles. The summed E-state index contributed by atoms with van der Waals surface area (Å²) >= 11 is 0. The maximum Gasteiger partial charge on any atom is 0.407 e. The highest BCUT2D eigenvalue weighted by Gasteiger charge is 2.37. The number of alkyl carbamates (subject to hydrolysis) is 1. The molecule has 5 nitrogen and oxygen atoms in total. The molecule has 2 N–H and O–H groups in total. The van der Waals surface area contributed by atoms with Crippen LogP contribution < -0.4 is 10.6 Å². The van der Waals surface area contributed by atoms with Crippen molar-refractivity contribution >= 4 is 30.1 Å². The second-order valence-corrected chi connectivity index (χ2v) is 5.45. The Morgan fingerprint density at radius 1 is 1.35 bits per heavy atom. The second-order valence-electron chi connectivity index (χ2n) is 5.45. The molecule has 1 aliphatic heterocycles. The highest BCUT2D eigenvalue weighted by atomic mass is 35.5. The molecule has 110 valence electrons. The fraction of sp³-hybridized carbons (Fsp3) is 0.429. The number of carbonyl (C=O) groups is 2. The molecule has 0 unspecified atom stereocenters. The van der Waals surface area contributed by atoms with Crippen LogP contribution >= 0.6 is 12.4 Å². The number of cyclic esters (lactones) is 1. The Kier molecular flexibility index (Phi) is 5.00. The van der Waals surface area contributed by atoms with Crippen LogP contribution in [0.4, 0.5) is 10.5 Å². The third-order valence-electron chi connectivity index (χ3n) is 3.18. The number of halogens is 1. The Balaban J connectivity index is 0.00000200. The monoisotopic (exact) mass is 298 g/mol. The minimum Gasteiger partial charge on any atom is -0.449 e. The van der Waals surface area contributed by atoms with Gasteiger partial charge in [-0.2, -0.15) is 0 Å². The highest BCUT2D eigenvalue weighted by Crippen LogP contribution is 2.36. The summed E-state index contributed by atoms with van der Waals surface area (Å²) in [5.74, 6) is -0.104. The third kappa shape index (κ3) is 3.63. The first kappa shape index (κ1) is 16.3. The van der Waals surface area contributed by atoms with Gasteiger partial charge in [0.2, 0.25) is 5.91 Å². The standard InChI is InChI=1S/C14H18N2O3.ClH/c1-9(17)15-11-6-4-10(5-7-11)12-14(2,3)8-19-13(18)16-12;/h4-7,12H,8H2,1-3H3,(H,15,17)(H,16,18);1H/t12-;/m0./s1. The average Bonchev–Trinajstić information content (AvgIpc) is 2.33. The van der Waals surface area contributed by atoms with Gasteiger partial charge >= 0.3 is 6.09 Å². The van der Waals surface area contributed by atoms with Crippen molar-refractivity contribution < 1.29 is 14.3 Å². The third-order valence-corrected chi connectivity index (χ3v) is 3.18. The topological polar surface area (TPSA) is 67.4 Å². The van der Waals surface area contributed by atoms with Gasteiger partial charge in [-0.3, -0.25) is 4.79 Å². The fourth-order valence-corrected chi connectivity index (χ4v) is 2.19. The number of nitrogens with one attached hydrogen (secondary N) is 2. The van der Waals surface area contributed by atoms with E-state index in [1.165, 1.54) is 6.92 Å². The average molecular weight is 299 g/mol. The molecule has 0 spiro atoms. The van der Waals surface area contributed by atoms with Gasteiger partial charge in [0.1, 0.15) is 6.61 Å². The molecule has 1 atom stereocenters. The van der Waals surface area contributed by atoms with E-state index in [1.807, 2.05) is 38.1 Å². The first-order chi connectivity index (χ1) is 8.88. The van der Waals surface area contributed by atoms with Crippen LogP contribution in [0.5, 0.6) is 0 Å². The van der Waals surface area contributed by atoms with Gasteiger partial charge in [-0.25, -0.2) is 4.79 Å². The molecule has 0 aliphatic carbocycles. The second kappa shape index (κ2) is 6.13. The number of amides is 2. The van der Waals surface area contributed by atoms with Gasteiger partial charge in [-0.15, -0.1) is 12.4 Å². The van der Waals surface area contributed by atoms with Gasteiger partial charge in [-0.05, 0) is 17.7 Å². The first-order valence-electron chi connectivity index (χ1n) is 6.19. The fourth-order valence-electron chi connectivity index (χ4n) is 2.19. The summed E-state index contributed by atoms with van der Waals surface area (Å²) in [5, 5.41) is 5.55. The van der Waals surface area contributed by atoms with Crippen LogP contribution in [0.2, 0.25) is 0 Å². The zero-order chi connectivity index (χ0) is 14.0. The van der Waals surface area contributed by atoms with Crippen molar-refractivity contribution in [1.82, 2.24) is 5.32 Å². The number of hydrogen-bond donors (Lipinski definition) is 2. The van der Waals surface area contributed by atoms with Crippen molar-refractivity contribution in [2.75, 3.05) is 11.9 Å². The van der Waals surface area contributed by atoms with E-state index >= 15 is 0 Å². The van der Waals surface area contributed by atoms with E-state index in [4.69, 9.17) is 4.74 Å². The van der Waals surface area contributed by atoms with E-state index in [0.29, 0.717) is 6.61 Å². The SMILES string of the molecule is CC(=O)Nc1ccc([C@@H]2NC(=O)OCC2(C)C)cc1.Cl. The molecule has 1 saturated heterocycles. The molecule has 1 aromatic rings. The lowest BCUT2D eigenvalue weighted by atomic mass is 9.80. The lowest BCUT2D eigenvalue weighted by Gasteiger charge is -2.38. The molecule has 20 heavy (non-hydrogen) atoms. The summed E-state index contributed by atoms with van der Waals surface area (Å²) in [6.45, 7) is 5.93. The Bertz CT molecular complexity index is 500. The molecule has 0 bridgehead atoms. The van der Waals surface area contributed by atoms with Gasteiger partial charge in [0.15, 0.2) is 0 Å². The van der Waals surface area contributed by atoms with Crippen molar-refractivity contribution in [2.45, 2.75) is 26.8 Å². The number of ether oxygens (including phenoxy) is 1. The van der Waals surface area contributed by atoms with Gasteiger partial charge in [0, 0.05) is 18.0 Å². The summed E-state index contributed by atoms with van der Waals surface area (Å²) in [5.41, 5.74) is 1.56. The molecule has 0 saturated carbocycles. The summed E-state index contributed by atoms with van der Waals surface area (Å²) in [6, 6.07) is 7.37. The smallest absolute Gasteiger partial charge is 0.407 e. The predicted molar refractivity (Wildman–Crippen MR) is 79.0 cm³/mol. The minimum absolute atomic E-state index is 0. The summed E-state index contributed by atoms with van der Waals surface area (Å²) in [7, 11) is 0. The summed E-state index contributed by atoms with van der Waals surface area (Å²) in [6.07, 6.45) is -0.393. The Morgan fingerprint density at radius 3 is 2.50 bits per heavy atom. The van der Waals surface area contributed by atoms with Crippen molar-refractivity contribution in [2.24, 2.45) is 5.41 Å². The van der Waals surface area contributed by atoms with E-state index in [-0.39, 0.29) is 29.8 Å². The van der Waals surface area contributed by atoms with Crippen molar-refractivity contribution in [3.05, 3.63) is 29.8 Å². The van der Waals surface area contributed by atoms with Crippen molar-refractivity contribution in [3.8, 4) is 0 Å². The van der Waals surface area contributed by atoms with Crippen LogP contribution in [-0.2, 0) is 9.53 Å². The normalized spacial score (nSPS) is 20.1.